The zero-order valence-corrected chi connectivity index (χ0v) is 15.7. The first kappa shape index (κ1) is 18.4. The number of benzene rings is 2. The highest BCUT2D eigenvalue weighted by Gasteiger charge is 2.13. The van der Waals surface area contributed by atoms with Crippen molar-refractivity contribution in [3.8, 4) is 11.3 Å². The number of rotatable bonds is 7. The number of amides is 1. The lowest BCUT2D eigenvalue weighted by Crippen LogP contribution is -2.24. The molecule has 1 aromatic heterocycles. The maximum Gasteiger partial charge on any atom is 0.252 e. The molecule has 1 amide bonds. The zero-order chi connectivity index (χ0) is 18.4. The van der Waals surface area contributed by atoms with Crippen LogP contribution in [0.4, 0.5) is 0 Å². The molecular formula is C22H23ClN2O. The van der Waals surface area contributed by atoms with Gasteiger partial charge in [0.15, 0.2) is 0 Å². The molecular weight excluding hydrogens is 344 g/mol. The van der Waals surface area contributed by atoms with E-state index in [9.17, 15) is 4.79 Å². The molecule has 0 unspecified atom stereocenters. The normalized spacial score (nSPS) is 10.8. The largest absolute Gasteiger partial charge is 0.352 e. The lowest BCUT2D eigenvalue weighted by atomic mass is 10.0. The first-order valence-corrected chi connectivity index (χ1v) is 9.51. The summed E-state index contributed by atoms with van der Waals surface area (Å²) >= 11 is 5.98. The highest BCUT2D eigenvalue weighted by Crippen LogP contribution is 2.26. The first-order chi connectivity index (χ1) is 12.7. The van der Waals surface area contributed by atoms with Crippen molar-refractivity contribution in [3.63, 3.8) is 0 Å². The number of fused-ring (bicyclic) bond motifs is 1. The van der Waals surface area contributed by atoms with E-state index in [1.165, 1.54) is 12.8 Å². The average molecular weight is 367 g/mol. The molecule has 3 nitrogen and oxygen atoms in total. The molecule has 0 fully saturated rings. The molecule has 1 heterocycles. The molecule has 2 aromatic carbocycles. The van der Waals surface area contributed by atoms with Gasteiger partial charge in [-0.1, -0.05) is 68.1 Å². The Bertz CT molecular complexity index is 890. The Kier molecular flexibility index (Phi) is 6.24. The monoisotopic (exact) mass is 366 g/mol. The third-order valence-corrected chi connectivity index (χ3v) is 4.67. The summed E-state index contributed by atoms with van der Waals surface area (Å²) in [6.07, 6.45) is 4.54. The van der Waals surface area contributed by atoms with E-state index in [2.05, 4.69) is 12.2 Å². The van der Waals surface area contributed by atoms with E-state index >= 15 is 0 Å². The van der Waals surface area contributed by atoms with Crippen LogP contribution in [-0.2, 0) is 0 Å². The van der Waals surface area contributed by atoms with Gasteiger partial charge in [-0.3, -0.25) is 4.79 Å². The number of halogens is 1. The smallest absolute Gasteiger partial charge is 0.252 e. The average Bonchev–Trinajstić information content (AvgIpc) is 2.67. The fraction of sp³-hybridized carbons (Fsp3) is 0.273. The second-order valence-corrected chi connectivity index (χ2v) is 6.83. The van der Waals surface area contributed by atoms with Crippen molar-refractivity contribution in [2.45, 2.75) is 32.6 Å². The van der Waals surface area contributed by atoms with E-state index in [1.54, 1.807) is 0 Å². The molecule has 0 aliphatic carbocycles. The fourth-order valence-electron chi connectivity index (χ4n) is 2.98. The van der Waals surface area contributed by atoms with Crippen LogP contribution in [0.5, 0.6) is 0 Å². The van der Waals surface area contributed by atoms with Crippen LogP contribution in [0.15, 0.2) is 54.6 Å². The fourth-order valence-corrected chi connectivity index (χ4v) is 3.11. The third kappa shape index (κ3) is 4.41. The Balaban J connectivity index is 1.90. The summed E-state index contributed by atoms with van der Waals surface area (Å²) in [6.45, 7) is 2.88. The Morgan fingerprint density at radius 2 is 1.81 bits per heavy atom. The van der Waals surface area contributed by atoms with E-state index < -0.39 is 0 Å². The van der Waals surface area contributed by atoms with Gasteiger partial charge in [0.25, 0.3) is 5.91 Å². The highest BCUT2D eigenvalue weighted by atomic mass is 35.5. The molecule has 0 saturated carbocycles. The Hall–Kier alpha value is -2.39. The van der Waals surface area contributed by atoms with Gasteiger partial charge in [0.2, 0.25) is 0 Å². The number of hydrogen-bond donors (Lipinski definition) is 1. The van der Waals surface area contributed by atoms with Gasteiger partial charge in [-0.25, -0.2) is 4.98 Å². The number of unbranched alkanes of at least 4 members (excludes halogenated alkanes) is 3. The summed E-state index contributed by atoms with van der Waals surface area (Å²) in [5, 5.41) is 4.60. The molecule has 0 aliphatic heterocycles. The van der Waals surface area contributed by atoms with Gasteiger partial charge < -0.3 is 5.32 Å². The molecule has 26 heavy (non-hydrogen) atoms. The number of pyridine rings is 1. The van der Waals surface area contributed by atoms with E-state index in [1.807, 2.05) is 54.6 Å². The molecule has 0 spiro atoms. The van der Waals surface area contributed by atoms with Crippen LogP contribution in [0, 0.1) is 0 Å². The van der Waals surface area contributed by atoms with Crippen LogP contribution in [0.25, 0.3) is 22.2 Å². The number of nitrogens with one attached hydrogen (secondary N) is 1. The number of carbonyl (C=O) groups is 1. The van der Waals surface area contributed by atoms with Gasteiger partial charge in [-0.15, -0.1) is 0 Å². The van der Waals surface area contributed by atoms with Crippen molar-refractivity contribution in [1.29, 1.82) is 0 Å². The first-order valence-electron chi connectivity index (χ1n) is 9.13. The number of nitrogens with zero attached hydrogens (tertiary/aromatic N) is 1. The minimum absolute atomic E-state index is 0.0460. The number of hydrogen-bond acceptors (Lipinski definition) is 2. The number of aromatic nitrogens is 1. The Morgan fingerprint density at radius 1 is 1.04 bits per heavy atom. The van der Waals surface area contributed by atoms with Gasteiger partial charge in [0.1, 0.15) is 0 Å². The maximum absolute atomic E-state index is 12.8. The molecule has 3 aromatic rings. The molecule has 1 N–H and O–H groups in total. The predicted octanol–water partition coefficient (Wildman–Crippen LogP) is 5.87. The van der Waals surface area contributed by atoms with Crippen molar-refractivity contribution in [3.05, 3.63) is 65.2 Å². The van der Waals surface area contributed by atoms with Gasteiger partial charge >= 0.3 is 0 Å². The van der Waals surface area contributed by atoms with Crippen molar-refractivity contribution in [1.82, 2.24) is 10.3 Å². The van der Waals surface area contributed by atoms with Crippen LogP contribution in [0.1, 0.15) is 43.0 Å². The van der Waals surface area contributed by atoms with Crippen molar-refractivity contribution in [2.75, 3.05) is 6.54 Å². The van der Waals surface area contributed by atoms with Crippen LogP contribution in [0.3, 0.4) is 0 Å². The minimum atomic E-state index is -0.0460. The summed E-state index contributed by atoms with van der Waals surface area (Å²) in [4.78, 5) is 17.5. The SMILES string of the molecule is CCCCCCNC(=O)c1cc(-c2ccc(Cl)cc2)nc2ccccc12. The van der Waals surface area contributed by atoms with E-state index in [0.29, 0.717) is 17.1 Å². The topological polar surface area (TPSA) is 42.0 Å². The quantitative estimate of drug-likeness (QED) is 0.531. The second kappa shape index (κ2) is 8.81. The lowest BCUT2D eigenvalue weighted by molar-refractivity contribution is 0.0954. The standard InChI is InChI=1S/C22H23ClN2O/c1-2-3-4-7-14-24-22(26)19-15-21(16-10-12-17(23)13-11-16)25-20-9-6-5-8-18(19)20/h5-6,8-13,15H,2-4,7,14H2,1H3,(H,24,26). The molecule has 0 radical (unpaired) electrons. The molecule has 134 valence electrons. The summed E-state index contributed by atoms with van der Waals surface area (Å²) in [6, 6.07) is 17.1. The minimum Gasteiger partial charge on any atom is -0.352 e. The van der Waals surface area contributed by atoms with Crippen LogP contribution >= 0.6 is 11.6 Å². The van der Waals surface area contributed by atoms with Crippen LogP contribution < -0.4 is 5.32 Å². The maximum atomic E-state index is 12.8. The number of carbonyl (C=O) groups excluding carboxylic acids is 1. The van der Waals surface area contributed by atoms with Crippen molar-refractivity contribution >= 4 is 28.4 Å². The summed E-state index contributed by atoms with van der Waals surface area (Å²) in [7, 11) is 0. The van der Waals surface area contributed by atoms with E-state index in [0.717, 1.165) is 35.0 Å². The molecule has 4 heteroatoms. The summed E-state index contributed by atoms with van der Waals surface area (Å²) in [5.41, 5.74) is 3.20. The number of para-hydroxylation sites is 1. The lowest BCUT2D eigenvalue weighted by Gasteiger charge is -2.11. The molecule has 0 aliphatic rings. The van der Waals surface area contributed by atoms with Crippen molar-refractivity contribution in [2.24, 2.45) is 0 Å². The van der Waals surface area contributed by atoms with E-state index in [-0.39, 0.29) is 5.91 Å². The van der Waals surface area contributed by atoms with Crippen LogP contribution in [-0.4, -0.2) is 17.4 Å². The molecule has 3 rings (SSSR count). The molecule has 0 atom stereocenters. The van der Waals surface area contributed by atoms with Gasteiger partial charge in [0.05, 0.1) is 16.8 Å². The van der Waals surface area contributed by atoms with E-state index in [4.69, 9.17) is 16.6 Å². The van der Waals surface area contributed by atoms with Gasteiger partial charge in [-0.05, 0) is 30.7 Å². The van der Waals surface area contributed by atoms with Crippen molar-refractivity contribution < 1.29 is 4.79 Å². The predicted molar refractivity (Wildman–Crippen MR) is 109 cm³/mol. The Morgan fingerprint density at radius 3 is 2.58 bits per heavy atom. The highest BCUT2D eigenvalue weighted by molar-refractivity contribution is 6.30. The summed E-state index contributed by atoms with van der Waals surface area (Å²) < 4.78 is 0. The third-order valence-electron chi connectivity index (χ3n) is 4.42. The van der Waals surface area contributed by atoms with Crippen LogP contribution in [0.2, 0.25) is 5.02 Å². The summed E-state index contributed by atoms with van der Waals surface area (Å²) in [5.74, 6) is -0.0460. The zero-order valence-electron chi connectivity index (χ0n) is 15.0. The van der Waals surface area contributed by atoms with Gasteiger partial charge in [0, 0.05) is 22.5 Å². The second-order valence-electron chi connectivity index (χ2n) is 6.40. The molecule has 0 bridgehead atoms. The Labute approximate surface area is 159 Å². The van der Waals surface area contributed by atoms with Gasteiger partial charge in [-0.2, -0.15) is 0 Å². The molecule has 0 saturated heterocycles.